The molecular weight excluding hydrogens is 420 g/mol. The fraction of sp³-hybridized carbons (Fsp3) is 0.500. The molecule has 0 radical (unpaired) electrons. The number of fused-ring (bicyclic) bond motifs is 1. The zero-order chi connectivity index (χ0) is 23.0. The number of anilines is 2. The van der Waals surface area contributed by atoms with E-state index in [0.717, 1.165) is 49.7 Å². The molecule has 1 N–H and O–H groups in total. The first-order valence-corrected chi connectivity index (χ1v) is 11.4. The highest BCUT2D eigenvalue weighted by Crippen LogP contribution is 2.32. The number of hydrogen-bond acceptors (Lipinski definition) is 8. The molecule has 1 fully saturated rings. The number of benzene rings is 1. The highest BCUT2D eigenvalue weighted by atomic mass is 16.5. The minimum Gasteiger partial charge on any atom is -0.383 e. The third-order valence-electron chi connectivity index (χ3n) is 6.11. The number of carbonyl (C=O) groups is 1. The molecule has 4 rings (SSSR count). The largest absolute Gasteiger partial charge is 0.383 e. The molecule has 9 heteroatoms. The molecule has 174 valence electrons. The summed E-state index contributed by atoms with van der Waals surface area (Å²) in [5.41, 5.74) is 2.18. The van der Waals surface area contributed by atoms with Gasteiger partial charge in [0.15, 0.2) is 11.6 Å². The predicted molar refractivity (Wildman–Crippen MR) is 125 cm³/mol. The highest BCUT2D eigenvalue weighted by molar-refractivity contribution is 5.84. The lowest BCUT2D eigenvalue weighted by Gasteiger charge is -2.37. The van der Waals surface area contributed by atoms with Crippen LogP contribution >= 0.6 is 0 Å². The molecule has 1 aromatic heterocycles. The fourth-order valence-corrected chi connectivity index (χ4v) is 4.18. The number of carbonyl (C=O) groups excluding carboxylic acids is 1. The Kier molecular flexibility index (Phi) is 7.70. The molecule has 1 saturated heterocycles. The molecule has 1 amide bonds. The van der Waals surface area contributed by atoms with Crippen LogP contribution < -0.4 is 15.1 Å². The van der Waals surface area contributed by atoms with Crippen molar-refractivity contribution in [1.82, 2.24) is 15.3 Å². The molecule has 2 aromatic rings. The molecule has 9 nitrogen and oxygen atoms in total. The van der Waals surface area contributed by atoms with Crippen molar-refractivity contribution in [2.45, 2.75) is 12.8 Å². The van der Waals surface area contributed by atoms with Gasteiger partial charge in [0.05, 0.1) is 36.7 Å². The predicted octanol–water partition coefficient (Wildman–Crippen LogP) is 1.83. The van der Waals surface area contributed by atoms with Crippen molar-refractivity contribution in [2.24, 2.45) is 5.92 Å². The minimum absolute atomic E-state index is 0.00332. The first kappa shape index (κ1) is 23.0. The van der Waals surface area contributed by atoms with Crippen LogP contribution in [0.5, 0.6) is 0 Å². The van der Waals surface area contributed by atoms with Gasteiger partial charge in [-0.25, -0.2) is 9.97 Å². The Hall–Kier alpha value is -3.22. The summed E-state index contributed by atoms with van der Waals surface area (Å²) in [6.45, 7) is 5.21. The van der Waals surface area contributed by atoms with Crippen LogP contribution in [0.25, 0.3) is 11.4 Å². The van der Waals surface area contributed by atoms with Gasteiger partial charge in [0.1, 0.15) is 0 Å². The second-order valence-electron chi connectivity index (χ2n) is 8.36. The molecule has 0 bridgehead atoms. The highest BCUT2D eigenvalue weighted by Gasteiger charge is 2.27. The van der Waals surface area contributed by atoms with Crippen molar-refractivity contribution in [3.05, 3.63) is 36.0 Å². The summed E-state index contributed by atoms with van der Waals surface area (Å²) in [6, 6.07) is 9.42. The van der Waals surface area contributed by atoms with Crippen molar-refractivity contribution >= 4 is 17.4 Å². The van der Waals surface area contributed by atoms with E-state index in [1.54, 1.807) is 25.4 Å². The van der Waals surface area contributed by atoms with Gasteiger partial charge in [-0.3, -0.25) is 4.79 Å². The van der Waals surface area contributed by atoms with Crippen molar-refractivity contribution < 1.29 is 14.3 Å². The standard InChI is InChI=1S/C24H30N6O3/c1-32-12-9-29-7-8-30(17-22(31)26-15-18-5-10-33-11-6-18)21-16-27-23(28-24(21)29)20-4-2-3-19(13-20)14-25/h2-4,13,16,18H,5-12,15,17H2,1H3,(H,26,31). The topological polar surface area (TPSA) is 104 Å². The van der Waals surface area contributed by atoms with E-state index in [1.807, 2.05) is 17.0 Å². The van der Waals surface area contributed by atoms with E-state index in [-0.39, 0.29) is 12.5 Å². The number of amides is 1. The maximum Gasteiger partial charge on any atom is 0.239 e. The summed E-state index contributed by atoms with van der Waals surface area (Å²) in [4.78, 5) is 26.3. The number of hydrogen-bond donors (Lipinski definition) is 1. The first-order chi connectivity index (χ1) is 16.2. The number of nitrogens with zero attached hydrogens (tertiary/aromatic N) is 5. The van der Waals surface area contributed by atoms with Crippen LogP contribution in [0, 0.1) is 17.2 Å². The summed E-state index contributed by atoms with van der Waals surface area (Å²) in [7, 11) is 1.68. The van der Waals surface area contributed by atoms with Gasteiger partial charge in [-0.05, 0) is 30.9 Å². The van der Waals surface area contributed by atoms with Crippen LogP contribution in [-0.2, 0) is 14.3 Å². The van der Waals surface area contributed by atoms with Crippen LogP contribution in [0.15, 0.2) is 30.5 Å². The molecule has 33 heavy (non-hydrogen) atoms. The zero-order valence-corrected chi connectivity index (χ0v) is 19.0. The van der Waals surface area contributed by atoms with Crippen molar-refractivity contribution in [3.63, 3.8) is 0 Å². The van der Waals surface area contributed by atoms with Crippen LogP contribution in [0.1, 0.15) is 18.4 Å². The molecule has 3 heterocycles. The number of nitrogens with one attached hydrogen (secondary N) is 1. The lowest BCUT2D eigenvalue weighted by atomic mass is 10.0. The molecule has 0 aliphatic carbocycles. The molecule has 0 saturated carbocycles. The Bertz CT molecular complexity index is 1000. The van der Waals surface area contributed by atoms with E-state index in [2.05, 4.69) is 21.3 Å². The maximum absolute atomic E-state index is 12.7. The molecule has 0 unspecified atom stereocenters. The average molecular weight is 451 g/mol. The van der Waals surface area contributed by atoms with Gasteiger partial charge in [0.25, 0.3) is 0 Å². The van der Waals surface area contributed by atoms with Gasteiger partial charge in [-0.1, -0.05) is 12.1 Å². The van der Waals surface area contributed by atoms with Crippen molar-refractivity contribution in [1.29, 1.82) is 5.26 Å². The SMILES string of the molecule is COCCN1CCN(CC(=O)NCC2CCOCC2)c2cnc(-c3cccc(C#N)c3)nc21. The maximum atomic E-state index is 12.7. The van der Waals surface area contributed by atoms with Crippen molar-refractivity contribution in [3.8, 4) is 17.5 Å². The number of ether oxygens (including phenoxy) is 2. The molecule has 0 spiro atoms. The Morgan fingerprint density at radius 3 is 2.91 bits per heavy atom. The van der Waals surface area contributed by atoms with E-state index in [4.69, 9.17) is 14.5 Å². The number of rotatable bonds is 8. The summed E-state index contributed by atoms with van der Waals surface area (Å²) < 4.78 is 10.7. The van der Waals surface area contributed by atoms with Gasteiger partial charge >= 0.3 is 0 Å². The van der Waals surface area contributed by atoms with Crippen molar-refractivity contribution in [2.75, 3.05) is 69.5 Å². The van der Waals surface area contributed by atoms with E-state index in [0.29, 0.717) is 43.5 Å². The summed E-state index contributed by atoms with van der Waals surface area (Å²) in [5, 5.41) is 12.3. The molecule has 1 aromatic carbocycles. The minimum atomic E-state index is 0.00332. The van der Waals surface area contributed by atoms with Gasteiger partial charge in [0, 0.05) is 52.1 Å². The van der Waals surface area contributed by atoms with Crippen LogP contribution in [0.4, 0.5) is 11.5 Å². The third-order valence-corrected chi connectivity index (χ3v) is 6.11. The Morgan fingerprint density at radius 1 is 1.30 bits per heavy atom. The average Bonchev–Trinajstić information content (AvgIpc) is 2.87. The summed E-state index contributed by atoms with van der Waals surface area (Å²) >= 11 is 0. The Balaban J connectivity index is 1.51. The van der Waals surface area contributed by atoms with E-state index in [1.165, 1.54) is 0 Å². The van der Waals surface area contributed by atoms with Crippen LogP contribution in [0.2, 0.25) is 0 Å². The third kappa shape index (κ3) is 5.78. The normalized spacial score (nSPS) is 16.2. The van der Waals surface area contributed by atoms with Crippen LogP contribution in [-0.4, -0.2) is 75.5 Å². The monoisotopic (exact) mass is 450 g/mol. The van der Waals surface area contributed by atoms with Gasteiger partial charge < -0.3 is 24.6 Å². The Labute approximate surface area is 194 Å². The molecular formula is C24H30N6O3. The second-order valence-corrected chi connectivity index (χ2v) is 8.36. The molecule has 2 aliphatic heterocycles. The summed E-state index contributed by atoms with van der Waals surface area (Å²) in [5.74, 6) is 1.82. The van der Waals surface area contributed by atoms with E-state index >= 15 is 0 Å². The smallest absolute Gasteiger partial charge is 0.239 e. The van der Waals surface area contributed by atoms with Crippen LogP contribution in [0.3, 0.4) is 0 Å². The molecule has 0 atom stereocenters. The number of aromatic nitrogens is 2. The lowest BCUT2D eigenvalue weighted by molar-refractivity contribution is -0.120. The lowest BCUT2D eigenvalue weighted by Crippen LogP contribution is -2.47. The number of methoxy groups -OCH3 is 1. The van der Waals surface area contributed by atoms with E-state index in [9.17, 15) is 10.1 Å². The summed E-state index contributed by atoms with van der Waals surface area (Å²) in [6.07, 6.45) is 3.76. The van der Waals surface area contributed by atoms with Gasteiger partial charge in [-0.15, -0.1) is 0 Å². The van der Waals surface area contributed by atoms with E-state index < -0.39 is 0 Å². The fourth-order valence-electron chi connectivity index (χ4n) is 4.18. The van der Waals surface area contributed by atoms with Gasteiger partial charge in [-0.2, -0.15) is 5.26 Å². The molecule has 2 aliphatic rings. The quantitative estimate of drug-likeness (QED) is 0.650. The zero-order valence-electron chi connectivity index (χ0n) is 19.0. The van der Waals surface area contributed by atoms with Gasteiger partial charge in [0.2, 0.25) is 5.91 Å². The second kappa shape index (κ2) is 11.1. The first-order valence-electron chi connectivity index (χ1n) is 11.4. The number of nitriles is 1. The Morgan fingerprint density at radius 2 is 2.12 bits per heavy atom.